The van der Waals surface area contributed by atoms with Gasteiger partial charge in [-0.05, 0) is 37.5 Å². The molecule has 1 unspecified atom stereocenters. The molecule has 0 aliphatic carbocycles. The quantitative estimate of drug-likeness (QED) is 0.708. The minimum Gasteiger partial charge on any atom is -0.395 e. The highest BCUT2D eigenvalue weighted by atomic mass is 35.5. The summed E-state index contributed by atoms with van der Waals surface area (Å²) >= 11 is 7.64. The van der Waals surface area contributed by atoms with Gasteiger partial charge in [-0.3, -0.25) is 9.59 Å². The molecule has 0 heterocycles. The van der Waals surface area contributed by atoms with E-state index in [9.17, 15) is 9.59 Å². The smallest absolute Gasteiger partial charge is 0.253 e. The number of benzene rings is 1. The maximum atomic E-state index is 12.6. The topological polar surface area (TPSA) is 69.6 Å². The highest BCUT2D eigenvalue weighted by molar-refractivity contribution is 7.98. The van der Waals surface area contributed by atoms with E-state index in [-0.39, 0.29) is 25.0 Å². The first-order chi connectivity index (χ1) is 11.0. The van der Waals surface area contributed by atoms with Crippen molar-refractivity contribution in [3.63, 3.8) is 0 Å². The molecular formula is C16H23ClN2O3S. The van der Waals surface area contributed by atoms with Crippen molar-refractivity contribution in [2.24, 2.45) is 0 Å². The molecule has 2 amide bonds. The Morgan fingerprint density at radius 3 is 2.65 bits per heavy atom. The second kappa shape index (κ2) is 10.5. The zero-order valence-corrected chi connectivity index (χ0v) is 15.0. The summed E-state index contributed by atoms with van der Waals surface area (Å²) in [5, 5.41) is 12.2. The van der Waals surface area contributed by atoms with E-state index in [1.165, 1.54) is 4.90 Å². The molecule has 0 radical (unpaired) electrons. The molecule has 0 aliphatic heterocycles. The fraction of sp³-hybridized carbons (Fsp3) is 0.500. The summed E-state index contributed by atoms with van der Waals surface area (Å²) in [6, 6.07) is 6.11. The van der Waals surface area contributed by atoms with Crippen LogP contribution in [0.1, 0.15) is 23.7 Å². The van der Waals surface area contributed by atoms with Crippen LogP contribution in [0.4, 0.5) is 0 Å². The van der Waals surface area contributed by atoms with Crippen LogP contribution in [-0.4, -0.2) is 59.6 Å². The van der Waals surface area contributed by atoms with Crippen molar-refractivity contribution in [2.75, 3.05) is 31.7 Å². The van der Waals surface area contributed by atoms with Crippen molar-refractivity contribution in [3.8, 4) is 0 Å². The minimum atomic E-state index is -0.627. The van der Waals surface area contributed by atoms with Gasteiger partial charge in [-0.25, -0.2) is 0 Å². The van der Waals surface area contributed by atoms with Crippen LogP contribution in [0, 0.1) is 0 Å². The number of likely N-dealkylation sites (N-methyl/N-ethyl adjacent to an activating group) is 1. The molecule has 2 N–H and O–H groups in total. The number of hydrogen-bond acceptors (Lipinski definition) is 4. The molecule has 0 saturated heterocycles. The first-order valence-corrected chi connectivity index (χ1v) is 9.26. The standard InChI is InChI=1S/C16H23ClN2O3S/c1-3-19(9-10-20)16(22)14(8-11-23-2)18-15(21)12-6-4-5-7-13(12)17/h4-7,14,20H,3,8-11H2,1-2H3,(H,18,21). The third-order valence-electron chi connectivity index (χ3n) is 3.40. The zero-order chi connectivity index (χ0) is 17.2. The lowest BCUT2D eigenvalue weighted by Gasteiger charge is -2.26. The van der Waals surface area contributed by atoms with E-state index in [1.807, 2.05) is 13.2 Å². The number of aliphatic hydroxyl groups excluding tert-OH is 1. The van der Waals surface area contributed by atoms with E-state index in [0.29, 0.717) is 23.6 Å². The molecule has 23 heavy (non-hydrogen) atoms. The molecule has 1 aromatic carbocycles. The summed E-state index contributed by atoms with van der Waals surface area (Å²) < 4.78 is 0. The molecule has 0 saturated carbocycles. The number of hydrogen-bond donors (Lipinski definition) is 2. The number of aliphatic hydroxyl groups is 1. The number of carbonyl (C=O) groups is 2. The monoisotopic (exact) mass is 358 g/mol. The van der Waals surface area contributed by atoms with E-state index in [2.05, 4.69) is 5.32 Å². The number of nitrogens with one attached hydrogen (secondary N) is 1. The Kier molecular flexibility index (Phi) is 9.06. The Labute approximate surface area is 146 Å². The molecule has 0 spiro atoms. The Bertz CT molecular complexity index is 528. The molecule has 5 nitrogen and oxygen atoms in total. The van der Waals surface area contributed by atoms with Gasteiger partial charge in [0.05, 0.1) is 17.2 Å². The van der Waals surface area contributed by atoms with Crippen molar-refractivity contribution in [2.45, 2.75) is 19.4 Å². The van der Waals surface area contributed by atoms with Crippen LogP contribution in [-0.2, 0) is 4.79 Å². The van der Waals surface area contributed by atoms with Gasteiger partial charge in [0.1, 0.15) is 6.04 Å². The number of thioether (sulfide) groups is 1. The summed E-state index contributed by atoms with van der Waals surface area (Å²) in [5.41, 5.74) is 0.348. The summed E-state index contributed by atoms with van der Waals surface area (Å²) in [7, 11) is 0. The molecule has 1 atom stereocenters. The van der Waals surface area contributed by atoms with E-state index in [1.54, 1.807) is 36.0 Å². The third kappa shape index (κ3) is 6.05. The second-order valence-corrected chi connectivity index (χ2v) is 6.32. The van der Waals surface area contributed by atoms with Gasteiger partial charge in [0.15, 0.2) is 0 Å². The highest BCUT2D eigenvalue weighted by Gasteiger charge is 2.25. The summed E-state index contributed by atoms with van der Waals surface area (Å²) in [6.45, 7) is 2.48. The lowest BCUT2D eigenvalue weighted by atomic mass is 10.1. The van der Waals surface area contributed by atoms with Gasteiger partial charge in [-0.2, -0.15) is 11.8 Å². The lowest BCUT2D eigenvalue weighted by Crippen LogP contribution is -2.49. The number of carbonyl (C=O) groups excluding carboxylic acids is 2. The SMILES string of the molecule is CCN(CCO)C(=O)C(CCSC)NC(=O)c1ccccc1Cl. The Morgan fingerprint density at radius 1 is 1.39 bits per heavy atom. The van der Waals surface area contributed by atoms with Gasteiger partial charge in [-0.15, -0.1) is 0 Å². The zero-order valence-electron chi connectivity index (χ0n) is 13.4. The molecule has 0 bridgehead atoms. The third-order valence-corrected chi connectivity index (χ3v) is 4.37. The van der Waals surface area contributed by atoms with Crippen LogP contribution in [0.2, 0.25) is 5.02 Å². The average Bonchev–Trinajstić information content (AvgIpc) is 2.56. The molecule has 0 aliphatic rings. The summed E-state index contributed by atoms with van der Waals surface area (Å²) in [4.78, 5) is 26.5. The van der Waals surface area contributed by atoms with Crippen LogP contribution in [0.3, 0.4) is 0 Å². The van der Waals surface area contributed by atoms with E-state index in [4.69, 9.17) is 16.7 Å². The minimum absolute atomic E-state index is 0.104. The summed E-state index contributed by atoms with van der Waals surface area (Å²) in [6.07, 6.45) is 2.47. The predicted octanol–water partition coefficient (Wildman–Crippen LogP) is 2.03. The maximum Gasteiger partial charge on any atom is 0.253 e. The van der Waals surface area contributed by atoms with Crippen LogP contribution in [0.25, 0.3) is 0 Å². The van der Waals surface area contributed by atoms with Crippen molar-refractivity contribution in [1.82, 2.24) is 10.2 Å². The normalized spacial score (nSPS) is 11.8. The maximum absolute atomic E-state index is 12.6. The van der Waals surface area contributed by atoms with Crippen LogP contribution < -0.4 is 5.32 Å². The van der Waals surface area contributed by atoms with Crippen LogP contribution >= 0.6 is 23.4 Å². The number of nitrogens with zero attached hydrogens (tertiary/aromatic N) is 1. The first-order valence-electron chi connectivity index (χ1n) is 7.49. The van der Waals surface area contributed by atoms with Crippen molar-refractivity contribution in [3.05, 3.63) is 34.9 Å². The van der Waals surface area contributed by atoms with Crippen molar-refractivity contribution >= 4 is 35.2 Å². The van der Waals surface area contributed by atoms with Crippen molar-refractivity contribution < 1.29 is 14.7 Å². The van der Waals surface area contributed by atoms with E-state index < -0.39 is 6.04 Å². The first kappa shape index (κ1) is 19.8. The Balaban J connectivity index is 2.87. The average molecular weight is 359 g/mol. The molecule has 0 fully saturated rings. The Morgan fingerprint density at radius 2 is 2.09 bits per heavy atom. The fourth-order valence-corrected chi connectivity index (χ4v) is 2.83. The van der Waals surface area contributed by atoms with Gasteiger partial charge in [0.2, 0.25) is 5.91 Å². The van der Waals surface area contributed by atoms with Crippen LogP contribution in [0.5, 0.6) is 0 Å². The fourth-order valence-electron chi connectivity index (χ4n) is 2.14. The van der Waals surface area contributed by atoms with Crippen LogP contribution in [0.15, 0.2) is 24.3 Å². The van der Waals surface area contributed by atoms with Crippen molar-refractivity contribution in [1.29, 1.82) is 0 Å². The largest absolute Gasteiger partial charge is 0.395 e. The molecule has 7 heteroatoms. The lowest BCUT2D eigenvalue weighted by molar-refractivity contribution is -0.133. The molecule has 128 valence electrons. The predicted molar refractivity (Wildman–Crippen MR) is 95.0 cm³/mol. The van der Waals surface area contributed by atoms with E-state index >= 15 is 0 Å². The van der Waals surface area contributed by atoms with Gasteiger partial charge in [-0.1, -0.05) is 23.7 Å². The van der Waals surface area contributed by atoms with Gasteiger partial charge in [0.25, 0.3) is 5.91 Å². The van der Waals surface area contributed by atoms with Gasteiger partial charge >= 0.3 is 0 Å². The van der Waals surface area contributed by atoms with Gasteiger partial charge in [0, 0.05) is 13.1 Å². The molecule has 1 rings (SSSR count). The molecular weight excluding hydrogens is 336 g/mol. The second-order valence-electron chi connectivity index (χ2n) is 4.93. The Hall–Kier alpha value is -1.24. The molecule has 1 aromatic rings. The number of rotatable bonds is 9. The molecule has 0 aromatic heterocycles. The number of amides is 2. The highest BCUT2D eigenvalue weighted by Crippen LogP contribution is 2.15. The summed E-state index contributed by atoms with van der Waals surface area (Å²) in [5.74, 6) is 0.196. The van der Waals surface area contributed by atoms with Gasteiger partial charge < -0.3 is 15.3 Å². The van der Waals surface area contributed by atoms with E-state index in [0.717, 1.165) is 5.75 Å². The number of halogens is 1.